The number of rotatable bonds is 3. The average Bonchev–Trinajstić information content (AvgIpc) is 2.34. The zero-order chi connectivity index (χ0) is 10.0. The maximum absolute atomic E-state index is 5.68. The molecule has 0 aliphatic carbocycles. The zero-order valence-corrected chi connectivity index (χ0v) is 9.30. The number of hydrogen-bond acceptors (Lipinski definition) is 2. The minimum Gasteiger partial charge on any atom is -0.344 e. The van der Waals surface area contributed by atoms with E-state index in [9.17, 15) is 0 Å². The van der Waals surface area contributed by atoms with Crippen LogP contribution in [-0.2, 0) is 0 Å². The van der Waals surface area contributed by atoms with Crippen molar-refractivity contribution in [1.29, 1.82) is 0 Å². The van der Waals surface area contributed by atoms with Crippen LogP contribution in [0.5, 0.6) is 0 Å². The Labute approximate surface area is 84.3 Å². The van der Waals surface area contributed by atoms with Crippen LogP contribution in [0.1, 0.15) is 39.3 Å². The largest absolute Gasteiger partial charge is 0.344 e. The van der Waals surface area contributed by atoms with Crippen molar-refractivity contribution >= 4 is 11.6 Å². The molecule has 0 aromatic carbocycles. The van der Waals surface area contributed by atoms with E-state index in [1.165, 1.54) is 0 Å². The van der Waals surface area contributed by atoms with Gasteiger partial charge in [0.25, 0.3) is 0 Å². The summed E-state index contributed by atoms with van der Waals surface area (Å²) in [6.07, 6.45) is 0. The van der Waals surface area contributed by atoms with E-state index in [0.717, 1.165) is 5.69 Å². The van der Waals surface area contributed by atoms with Crippen LogP contribution in [0.4, 0.5) is 0 Å². The van der Waals surface area contributed by atoms with E-state index in [1.54, 1.807) is 0 Å². The van der Waals surface area contributed by atoms with E-state index < -0.39 is 0 Å². The molecule has 0 fully saturated rings. The molecule has 0 spiro atoms. The van der Waals surface area contributed by atoms with Gasteiger partial charge in [-0.1, -0.05) is 32.9 Å². The van der Waals surface area contributed by atoms with E-state index in [1.807, 2.05) is 6.07 Å². The van der Waals surface area contributed by atoms with Crippen LogP contribution in [0.15, 0.2) is 10.6 Å². The Kier molecular flexibility index (Phi) is 3.37. The number of hydrogen-bond donors (Lipinski definition) is 0. The van der Waals surface area contributed by atoms with E-state index in [2.05, 4.69) is 32.9 Å². The summed E-state index contributed by atoms with van der Waals surface area (Å²) >= 11 is 5.68. The summed E-state index contributed by atoms with van der Waals surface area (Å²) in [6.45, 7) is 8.75. The van der Waals surface area contributed by atoms with Crippen molar-refractivity contribution in [3.63, 3.8) is 0 Å². The Bertz CT molecular complexity index is 260. The number of aromatic nitrogens is 1. The molecular formula is C10H16ClNO. The monoisotopic (exact) mass is 201 g/mol. The van der Waals surface area contributed by atoms with Gasteiger partial charge in [0.2, 0.25) is 5.22 Å². The highest BCUT2D eigenvalue weighted by molar-refractivity contribution is 6.28. The standard InChI is InChI=1S/C10H16ClNO/c1-6(2)10(7(3)4)8-5-9(11)13-12-8/h5-7,10H,1-4H3. The fraction of sp³-hybridized carbons (Fsp3) is 0.700. The fourth-order valence-electron chi connectivity index (χ4n) is 1.88. The second-order valence-corrected chi connectivity index (χ2v) is 4.44. The third kappa shape index (κ3) is 2.47. The van der Waals surface area contributed by atoms with Gasteiger partial charge in [-0.2, -0.15) is 0 Å². The first-order valence-corrected chi connectivity index (χ1v) is 5.02. The minimum absolute atomic E-state index is 0.376. The molecule has 0 N–H and O–H groups in total. The summed E-state index contributed by atoms with van der Waals surface area (Å²) in [5, 5.41) is 4.33. The SMILES string of the molecule is CC(C)C(c1cc(Cl)on1)C(C)C. The van der Waals surface area contributed by atoms with Crippen molar-refractivity contribution in [2.24, 2.45) is 11.8 Å². The lowest BCUT2D eigenvalue weighted by Crippen LogP contribution is -2.13. The molecule has 0 unspecified atom stereocenters. The summed E-state index contributed by atoms with van der Waals surface area (Å²) in [7, 11) is 0. The summed E-state index contributed by atoms with van der Waals surface area (Å²) in [5.74, 6) is 1.54. The topological polar surface area (TPSA) is 26.0 Å². The molecule has 0 aliphatic heterocycles. The van der Waals surface area contributed by atoms with Crippen LogP contribution >= 0.6 is 11.6 Å². The minimum atomic E-state index is 0.376. The van der Waals surface area contributed by atoms with Crippen molar-refractivity contribution in [2.45, 2.75) is 33.6 Å². The van der Waals surface area contributed by atoms with Gasteiger partial charge in [-0.15, -0.1) is 0 Å². The van der Waals surface area contributed by atoms with Gasteiger partial charge in [-0.05, 0) is 23.4 Å². The van der Waals surface area contributed by atoms with Crippen LogP contribution < -0.4 is 0 Å². The molecular weight excluding hydrogens is 186 g/mol. The van der Waals surface area contributed by atoms with Crippen molar-refractivity contribution in [3.8, 4) is 0 Å². The predicted molar refractivity (Wildman–Crippen MR) is 53.9 cm³/mol. The number of halogens is 1. The van der Waals surface area contributed by atoms with Crippen molar-refractivity contribution in [3.05, 3.63) is 17.0 Å². The smallest absolute Gasteiger partial charge is 0.226 e. The lowest BCUT2D eigenvalue weighted by Gasteiger charge is -2.21. The van der Waals surface area contributed by atoms with Crippen LogP contribution in [-0.4, -0.2) is 5.16 Å². The Hall–Kier alpha value is -0.500. The first-order valence-electron chi connectivity index (χ1n) is 4.64. The summed E-state index contributed by atoms with van der Waals surface area (Å²) in [4.78, 5) is 0. The van der Waals surface area contributed by atoms with Gasteiger partial charge >= 0.3 is 0 Å². The van der Waals surface area contributed by atoms with Gasteiger partial charge in [0, 0.05) is 12.0 Å². The third-order valence-electron chi connectivity index (χ3n) is 2.28. The van der Waals surface area contributed by atoms with E-state index in [4.69, 9.17) is 16.1 Å². The Morgan fingerprint density at radius 2 is 1.77 bits per heavy atom. The highest BCUT2D eigenvalue weighted by Gasteiger charge is 2.22. The number of nitrogens with zero attached hydrogens (tertiary/aromatic N) is 1. The van der Waals surface area contributed by atoms with Gasteiger partial charge in [0.15, 0.2) is 0 Å². The lowest BCUT2D eigenvalue weighted by atomic mass is 9.83. The predicted octanol–water partition coefficient (Wildman–Crippen LogP) is 3.72. The van der Waals surface area contributed by atoms with E-state index >= 15 is 0 Å². The molecule has 1 aromatic rings. The van der Waals surface area contributed by atoms with Crippen molar-refractivity contribution in [2.75, 3.05) is 0 Å². The van der Waals surface area contributed by atoms with Crippen LogP contribution in [0, 0.1) is 11.8 Å². The summed E-state index contributed by atoms with van der Waals surface area (Å²) < 4.78 is 4.86. The summed E-state index contributed by atoms with van der Waals surface area (Å²) in [5.41, 5.74) is 0.968. The summed E-state index contributed by atoms with van der Waals surface area (Å²) in [6, 6.07) is 1.81. The molecule has 0 radical (unpaired) electrons. The first-order chi connectivity index (χ1) is 6.02. The van der Waals surface area contributed by atoms with Crippen LogP contribution in [0.2, 0.25) is 5.22 Å². The van der Waals surface area contributed by atoms with Crippen molar-refractivity contribution in [1.82, 2.24) is 5.16 Å². The molecule has 3 heteroatoms. The molecule has 0 saturated carbocycles. The Balaban J connectivity index is 2.88. The van der Waals surface area contributed by atoms with Gasteiger partial charge in [0.1, 0.15) is 0 Å². The Morgan fingerprint density at radius 3 is 2.08 bits per heavy atom. The van der Waals surface area contributed by atoms with Gasteiger partial charge in [-0.3, -0.25) is 0 Å². The van der Waals surface area contributed by atoms with Crippen molar-refractivity contribution < 1.29 is 4.52 Å². The van der Waals surface area contributed by atoms with Gasteiger partial charge in [-0.25, -0.2) is 0 Å². The van der Waals surface area contributed by atoms with Crippen LogP contribution in [0.3, 0.4) is 0 Å². The average molecular weight is 202 g/mol. The molecule has 1 heterocycles. The molecule has 2 nitrogen and oxygen atoms in total. The second-order valence-electron chi connectivity index (χ2n) is 4.07. The molecule has 0 bridgehead atoms. The molecule has 74 valence electrons. The van der Waals surface area contributed by atoms with Crippen LogP contribution in [0.25, 0.3) is 0 Å². The van der Waals surface area contributed by atoms with E-state index in [-0.39, 0.29) is 0 Å². The fourth-order valence-corrected chi connectivity index (χ4v) is 2.02. The molecule has 0 atom stereocenters. The molecule has 0 aliphatic rings. The molecule has 0 saturated heterocycles. The zero-order valence-electron chi connectivity index (χ0n) is 8.54. The van der Waals surface area contributed by atoms with Gasteiger partial charge < -0.3 is 4.52 Å². The highest BCUT2D eigenvalue weighted by Crippen LogP contribution is 2.31. The van der Waals surface area contributed by atoms with E-state index in [0.29, 0.717) is 23.0 Å². The Morgan fingerprint density at radius 1 is 1.23 bits per heavy atom. The third-order valence-corrected chi connectivity index (χ3v) is 2.46. The molecule has 1 aromatic heterocycles. The lowest BCUT2D eigenvalue weighted by molar-refractivity contribution is 0.346. The second kappa shape index (κ2) is 4.14. The first kappa shape index (κ1) is 10.6. The normalized spacial score (nSPS) is 12.0. The molecule has 0 amide bonds. The highest BCUT2D eigenvalue weighted by atomic mass is 35.5. The van der Waals surface area contributed by atoms with Gasteiger partial charge in [0.05, 0.1) is 5.69 Å². The molecule has 1 rings (SSSR count). The molecule has 13 heavy (non-hydrogen) atoms. The quantitative estimate of drug-likeness (QED) is 0.745. The maximum atomic E-state index is 5.68. The maximum Gasteiger partial charge on any atom is 0.226 e.